The summed E-state index contributed by atoms with van der Waals surface area (Å²) in [6.45, 7) is 2.57. The number of hydrogen-bond acceptors (Lipinski definition) is 3. The second kappa shape index (κ2) is 7.85. The van der Waals surface area contributed by atoms with E-state index in [1.54, 1.807) is 0 Å². The Kier molecular flexibility index (Phi) is 5.02. The van der Waals surface area contributed by atoms with Crippen LogP contribution in [0.3, 0.4) is 0 Å². The van der Waals surface area contributed by atoms with Gasteiger partial charge in [0.15, 0.2) is 5.69 Å². The molecule has 0 atom stereocenters. The second-order valence-electron chi connectivity index (χ2n) is 8.05. The van der Waals surface area contributed by atoms with Gasteiger partial charge in [-0.25, -0.2) is 9.67 Å². The van der Waals surface area contributed by atoms with Crippen LogP contribution in [-0.2, 0) is 26.3 Å². The largest absolute Gasteiger partial charge is 0.350 e. The highest BCUT2D eigenvalue weighted by molar-refractivity contribution is 6.31. The van der Waals surface area contributed by atoms with E-state index in [1.165, 1.54) is 0 Å². The zero-order valence-electron chi connectivity index (χ0n) is 17.7. The first-order valence-corrected chi connectivity index (χ1v) is 11.0. The van der Waals surface area contributed by atoms with E-state index in [4.69, 9.17) is 16.7 Å². The molecule has 0 saturated carbocycles. The Labute approximate surface area is 185 Å². The van der Waals surface area contributed by atoms with Gasteiger partial charge in [-0.1, -0.05) is 29.8 Å². The number of carbonyl (C=O) groups excluding carboxylic acids is 1. The molecule has 4 aromatic rings. The molecular formula is C24H24ClN5O. The highest BCUT2D eigenvalue weighted by atomic mass is 35.5. The van der Waals surface area contributed by atoms with Crippen LogP contribution in [-0.4, -0.2) is 31.8 Å². The van der Waals surface area contributed by atoms with Crippen LogP contribution in [0.25, 0.3) is 16.7 Å². The van der Waals surface area contributed by atoms with Gasteiger partial charge in [0.25, 0.3) is 5.91 Å². The van der Waals surface area contributed by atoms with Gasteiger partial charge in [0.2, 0.25) is 0 Å². The van der Waals surface area contributed by atoms with Crippen molar-refractivity contribution in [3.63, 3.8) is 0 Å². The predicted molar refractivity (Wildman–Crippen MR) is 122 cm³/mol. The number of benzene rings is 2. The maximum absolute atomic E-state index is 13.0. The summed E-state index contributed by atoms with van der Waals surface area (Å²) < 4.78 is 4.00. The lowest BCUT2D eigenvalue weighted by Crippen LogP contribution is -2.27. The number of carbonyl (C=O) groups is 1. The Morgan fingerprint density at radius 2 is 2.03 bits per heavy atom. The van der Waals surface area contributed by atoms with Crippen molar-refractivity contribution in [1.29, 1.82) is 0 Å². The van der Waals surface area contributed by atoms with Gasteiger partial charge in [0, 0.05) is 36.3 Å². The summed E-state index contributed by atoms with van der Waals surface area (Å²) in [5, 5.41) is 8.43. The first-order chi connectivity index (χ1) is 15.0. The van der Waals surface area contributed by atoms with E-state index in [2.05, 4.69) is 29.4 Å². The van der Waals surface area contributed by atoms with Gasteiger partial charge < -0.3 is 9.88 Å². The SMILES string of the molecule is Cc1ccccc1-n1nc(C(=O)NCCc2nc3cc(Cl)ccc3n2C)c2c1CCC2. The van der Waals surface area contributed by atoms with Gasteiger partial charge in [-0.15, -0.1) is 0 Å². The van der Waals surface area contributed by atoms with E-state index in [-0.39, 0.29) is 5.91 Å². The van der Waals surface area contributed by atoms with Gasteiger partial charge in [-0.2, -0.15) is 5.10 Å². The van der Waals surface area contributed by atoms with E-state index < -0.39 is 0 Å². The molecule has 0 fully saturated rings. The molecule has 31 heavy (non-hydrogen) atoms. The van der Waals surface area contributed by atoms with Crippen LogP contribution in [0.1, 0.15) is 39.6 Å². The summed E-state index contributed by atoms with van der Waals surface area (Å²) in [7, 11) is 1.98. The number of aromatic nitrogens is 4. The van der Waals surface area contributed by atoms with Gasteiger partial charge in [-0.3, -0.25) is 4.79 Å². The summed E-state index contributed by atoms with van der Waals surface area (Å²) in [6, 6.07) is 13.8. The van der Waals surface area contributed by atoms with Crippen LogP contribution >= 0.6 is 11.6 Å². The molecule has 0 spiro atoms. The second-order valence-corrected chi connectivity index (χ2v) is 8.49. The monoisotopic (exact) mass is 433 g/mol. The van der Waals surface area contributed by atoms with Crippen molar-refractivity contribution in [1.82, 2.24) is 24.6 Å². The van der Waals surface area contributed by atoms with Crippen molar-refractivity contribution in [3.8, 4) is 5.69 Å². The normalized spacial score (nSPS) is 13.0. The van der Waals surface area contributed by atoms with Crippen LogP contribution in [0.5, 0.6) is 0 Å². The van der Waals surface area contributed by atoms with Crippen LogP contribution in [0.2, 0.25) is 5.02 Å². The number of halogens is 1. The molecule has 2 heterocycles. The summed E-state index contributed by atoms with van der Waals surface area (Å²) in [5.41, 5.74) is 6.87. The van der Waals surface area contributed by atoms with Gasteiger partial charge in [0.1, 0.15) is 5.82 Å². The molecule has 0 aliphatic heterocycles. The fourth-order valence-electron chi connectivity index (χ4n) is 4.44. The number of rotatable bonds is 5. The summed E-state index contributed by atoms with van der Waals surface area (Å²) in [5.74, 6) is 0.792. The number of hydrogen-bond donors (Lipinski definition) is 1. The third-order valence-corrected chi connectivity index (χ3v) is 6.29. The minimum Gasteiger partial charge on any atom is -0.350 e. The number of aryl methyl sites for hydroxylation is 2. The minimum absolute atomic E-state index is 0.118. The van der Waals surface area contributed by atoms with Crippen molar-refractivity contribution < 1.29 is 4.79 Å². The van der Waals surface area contributed by atoms with Crippen LogP contribution in [0.4, 0.5) is 0 Å². The van der Waals surface area contributed by atoms with Crippen molar-refractivity contribution in [2.75, 3.05) is 6.54 Å². The summed E-state index contributed by atoms with van der Waals surface area (Å²) >= 11 is 6.08. The number of amides is 1. The first-order valence-electron chi connectivity index (χ1n) is 10.6. The van der Waals surface area contributed by atoms with Gasteiger partial charge >= 0.3 is 0 Å². The third kappa shape index (κ3) is 3.51. The molecule has 0 saturated heterocycles. The van der Waals surface area contributed by atoms with Crippen molar-refractivity contribution in [2.45, 2.75) is 32.6 Å². The standard InChI is InChI=1S/C24H24ClN5O/c1-15-6-3-4-8-19(15)30-20-9-5-7-17(20)23(28-30)24(31)26-13-12-22-27-18-14-16(25)10-11-21(18)29(22)2/h3-4,6,8,10-11,14H,5,7,9,12-13H2,1-2H3,(H,26,31). The molecule has 158 valence electrons. The Hall–Kier alpha value is -3.12. The highest BCUT2D eigenvalue weighted by Crippen LogP contribution is 2.29. The fourth-order valence-corrected chi connectivity index (χ4v) is 4.60. The summed E-state index contributed by atoms with van der Waals surface area (Å²) in [4.78, 5) is 17.7. The molecule has 1 aliphatic rings. The number of nitrogens with zero attached hydrogens (tertiary/aromatic N) is 4. The molecule has 0 unspecified atom stereocenters. The molecule has 0 bridgehead atoms. The minimum atomic E-state index is -0.118. The number of fused-ring (bicyclic) bond motifs is 2. The molecule has 2 aromatic carbocycles. The van der Waals surface area contributed by atoms with E-state index >= 15 is 0 Å². The van der Waals surface area contributed by atoms with Crippen molar-refractivity contribution in [3.05, 3.63) is 75.8 Å². The molecule has 7 heteroatoms. The maximum atomic E-state index is 13.0. The molecule has 2 aromatic heterocycles. The Bertz CT molecular complexity index is 1300. The van der Waals surface area contributed by atoms with Crippen molar-refractivity contribution in [2.24, 2.45) is 7.05 Å². The quantitative estimate of drug-likeness (QED) is 0.513. The topological polar surface area (TPSA) is 64.7 Å². The number of para-hydroxylation sites is 1. The Balaban J connectivity index is 1.34. The Morgan fingerprint density at radius 1 is 1.19 bits per heavy atom. The average molecular weight is 434 g/mol. The van der Waals surface area contributed by atoms with Gasteiger partial charge in [0.05, 0.1) is 16.7 Å². The van der Waals surface area contributed by atoms with Gasteiger partial charge in [-0.05, 0) is 56.0 Å². The number of nitrogens with one attached hydrogen (secondary N) is 1. The molecule has 6 nitrogen and oxygen atoms in total. The zero-order chi connectivity index (χ0) is 21.5. The lowest BCUT2D eigenvalue weighted by molar-refractivity contribution is 0.0947. The van der Waals surface area contributed by atoms with E-state index in [1.807, 2.05) is 46.6 Å². The van der Waals surface area contributed by atoms with Crippen LogP contribution in [0.15, 0.2) is 42.5 Å². The first kappa shape index (κ1) is 19.8. The molecular weight excluding hydrogens is 410 g/mol. The Morgan fingerprint density at radius 3 is 2.87 bits per heavy atom. The summed E-state index contributed by atoms with van der Waals surface area (Å²) in [6.07, 6.45) is 3.54. The third-order valence-electron chi connectivity index (χ3n) is 6.06. The molecule has 1 amide bonds. The van der Waals surface area contributed by atoms with E-state index in [9.17, 15) is 4.79 Å². The van der Waals surface area contributed by atoms with Crippen molar-refractivity contribution >= 4 is 28.5 Å². The average Bonchev–Trinajstić information content (AvgIpc) is 3.43. The zero-order valence-corrected chi connectivity index (χ0v) is 18.4. The van der Waals surface area contributed by atoms with E-state index in [0.717, 1.165) is 58.6 Å². The smallest absolute Gasteiger partial charge is 0.272 e. The van der Waals surface area contributed by atoms with Crippen LogP contribution < -0.4 is 5.32 Å². The van der Waals surface area contributed by atoms with Crippen LogP contribution in [0, 0.1) is 6.92 Å². The lowest BCUT2D eigenvalue weighted by atomic mass is 10.2. The molecule has 1 aliphatic carbocycles. The predicted octanol–water partition coefficient (Wildman–Crippen LogP) is 4.18. The molecule has 5 rings (SSSR count). The van der Waals surface area contributed by atoms with E-state index in [0.29, 0.717) is 23.7 Å². The maximum Gasteiger partial charge on any atom is 0.272 e. The lowest BCUT2D eigenvalue weighted by Gasteiger charge is -2.08. The number of imidazole rings is 1. The highest BCUT2D eigenvalue weighted by Gasteiger charge is 2.27. The fraction of sp³-hybridized carbons (Fsp3) is 0.292. The molecule has 0 radical (unpaired) electrons. The molecule has 1 N–H and O–H groups in total.